The lowest BCUT2D eigenvalue weighted by atomic mass is 10.0. The second-order valence-corrected chi connectivity index (χ2v) is 7.81. The first-order valence-corrected chi connectivity index (χ1v) is 10.2. The van der Waals surface area contributed by atoms with Crippen molar-refractivity contribution < 1.29 is 5.11 Å². The largest absolute Gasteiger partial charge is 0.507 e. The number of aromatic hydroxyl groups is 1. The third kappa shape index (κ3) is 3.13. The summed E-state index contributed by atoms with van der Waals surface area (Å²) >= 11 is 0. The highest BCUT2D eigenvalue weighted by Crippen LogP contribution is 2.49. The molecule has 1 aliphatic heterocycles. The van der Waals surface area contributed by atoms with Crippen LogP contribution in [0.1, 0.15) is 13.8 Å². The monoisotopic (exact) mass is 391 g/mol. The molecule has 2 aromatic heterocycles. The highest BCUT2D eigenvalue weighted by molar-refractivity contribution is 5.73. The van der Waals surface area contributed by atoms with Crippen LogP contribution in [0.3, 0.4) is 0 Å². The van der Waals surface area contributed by atoms with Gasteiger partial charge in [-0.15, -0.1) is 10.2 Å². The first-order chi connectivity index (χ1) is 14.2. The molecule has 0 radical (unpaired) electrons. The Morgan fingerprint density at radius 1 is 1.10 bits per heavy atom. The van der Waals surface area contributed by atoms with E-state index in [9.17, 15) is 5.11 Å². The predicted octanol–water partition coefficient (Wildman–Crippen LogP) is 2.41. The number of nitrogens with zero attached hydrogens (tertiary/aromatic N) is 6. The molecule has 29 heavy (non-hydrogen) atoms. The standard InChI is InChI=1S/C21H25N7O/c1-3-27(4-2)20-16-11-28(12-17(16)20)21-22-10-18(25-26-21)15-6-5-13(7-19(15)29)14-8-23-24-9-14/h5-10,16-17,20,29H,3-4,11-12H2,1-2H3,(H,23,24). The van der Waals surface area contributed by atoms with E-state index in [1.165, 1.54) is 0 Å². The van der Waals surface area contributed by atoms with Crippen LogP contribution in [0.2, 0.25) is 0 Å². The number of anilines is 1. The number of hydrogen-bond acceptors (Lipinski definition) is 7. The fourth-order valence-electron chi connectivity index (χ4n) is 4.72. The first kappa shape index (κ1) is 18.1. The van der Waals surface area contributed by atoms with Crippen molar-refractivity contribution in [3.8, 4) is 28.1 Å². The molecule has 2 unspecified atom stereocenters. The minimum absolute atomic E-state index is 0.150. The smallest absolute Gasteiger partial charge is 0.245 e. The SMILES string of the molecule is CCN(CC)C1C2CN(c3ncc(-c4ccc(-c5cn[nH]c5)cc4O)nn3)CC21. The number of rotatable bonds is 6. The number of aromatic nitrogens is 5. The molecular weight excluding hydrogens is 366 g/mol. The maximum Gasteiger partial charge on any atom is 0.245 e. The number of fused-ring (bicyclic) bond motifs is 1. The van der Waals surface area contributed by atoms with Crippen LogP contribution in [0.25, 0.3) is 22.4 Å². The Morgan fingerprint density at radius 2 is 1.90 bits per heavy atom. The topological polar surface area (TPSA) is 94.1 Å². The summed E-state index contributed by atoms with van der Waals surface area (Å²) in [6.45, 7) is 8.69. The van der Waals surface area contributed by atoms with Crippen molar-refractivity contribution in [2.24, 2.45) is 11.8 Å². The maximum absolute atomic E-state index is 10.5. The molecular formula is C21H25N7O. The van der Waals surface area contributed by atoms with Crippen LogP contribution in [0.4, 0.5) is 5.95 Å². The Kier molecular flexibility index (Phi) is 4.43. The lowest BCUT2D eigenvalue weighted by molar-refractivity contribution is 0.265. The zero-order chi connectivity index (χ0) is 20.0. The third-order valence-corrected chi connectivity index (χ3v) is 6.32. The van der Waals surface area contributed by atoms with Gasteiger partial charge < -0.3 is 14.9 Å². The van der Waals surface area contributed by atoms with Crippen molar-refractivity contribution in [2.75, 3.05) is 31.1 Å². The van der Waals surface area contributed by atoms with E-state index >= 15 is 0 Å². The zero-order valence-electron chi connectivity index (χ0n) is 16.7. The molecule has 2 fully saturated rings. The summed E-state index contributed by atoms with van der Waals surface area (Å²) in [6, 6.07) is 6.19. The summed E-state index contributed by atoms with van der Waals surface area (Å²) in [4.78, 5) is 9.32. The Bertz CT molecular complexity index is 973. The lowest BCUT2D eigenvalue weighted by Gasteiger charge is -2.25. The average molecular weight is 391 g/mol. The van der Waals surface area contributed by atoms with Gasteiger partial charge in [0.05, 0.1) is 12.4 Å². The second kappa shape index (κ2) is 7.11. The fraction of sp³-hybridized carbons (Fsp3) is 0.429. The molecule has 8 nitrogen and oxygen atoms in total. The summed E-state index contributed by atoms with van der Waals surface area (Å²) in [7, 11) is 0. The Labute approximate surface area is 169 Å². The number of aromatic amines is 1. The molecule has 1 saturated heterocycles. The average Bonchev–Trinajstić information content (AvgIpc) is 3.15. The Hall–Kier alpha value is -3.00. The number of benzene rings is 1. The van der Waals surface area contributed by atoms with E-state index < -0.39 is 0 Å². The third-order valence-electron chi connectivity index (χ3n) is 6.32. The number of H-pyrrole nitrogens is 1. The van der Waals surface area contributed by atoms with Crippen molar-refractivity contribution >= 4 is 5.95 Å². The van der Waals surface area contributed by atoms with Crippen LogP contribution in [0, 0.1) is 11.8 Å². The van der Waals surface area contributed by atoms with Gasteiger partial charge in [0.2, 0.25) is 5.95 Å². The summed E-state index contributed by atoms with van der Waals surface area (Å²) in [5.74, 6) is 2.26. The molecule has 2 atom stereocenters. The highest BCUT2D eigenvalue weighted by Gasteiger charge is 2.58. The minimum atomic E-state index is 0.150. The van der Waals surface area contributed by atoms with E-state index in [1.807, 2.05) is 12.1 Å². The van der Waals surface area contributed by atoms with Crippen LogP contribution >= 0.6 is 0 Å². The van der Waals surface area contributed by atoms with Gasteiger partial charge in [-0.05, 0) is 42.6 Å². The van der Waals surface area contributed by atoms with Crippen LogP contribution in [0.5, 0.6) is 5.75 Å². The highest BCUT2D eigenvalue weighted by atomic mass is 16.3. The first-order valence-electron chi connectivity index (χ1n) is 10.2. The van der Waals surface area contributed by atoms with E-state index in [0.29, 0.717) is 17.2 Å². The molecule has 8 heteroatoms. The molecule has 3 aromatic rings. The van der Waals surface area contributed by atoms with Crippen molar-refractivity contribution in [1.29, 1.82) is 0 Å². The van der Waals surface area contributed by atoms with Gasteiger partial charge in [-0.25, -0.2) is 4.98 Å². The van der Waals surface area contributed by atoms with Crippen LogP contribution in [-0.4, -0.2) is 67.6 Å². The van der Waals surface area contributed by atoms with Crippen molar-refractivity contribution in [3.63, 3.8) is 0 Å². The van der Waals surface area contributed by atoms with Gasteiger partial charge in [0.25, 0.3) is 0 Å². The van der Waals surface area contributed by atoms with Crippen molar-refractivity contribution in [1.82, 2.24) is 30.3 Å². The van der Waals surface area contributed by atoms with E-state index in [-0.39, 0.29) is 5.75 Å². The summed E-state index contributed by atoms with van der Waals surface area (Å²) < 4.78 is 0. The number of hydrogen-bond donors (Lipinski definition) is 2. The molecule has 5 rings (SSSR count). The van der Waals surface area contributed by atoms with E-state index in [4.69, 9.17) is 0 Å². The molecule has 0 bridgehead atoms. The normalized spacial score (nSPS) is 22.9. The Morgan fingerprint density at radius 3 is 2.48 bits per heavy atom. The molecule has 2 aliphatic rings. The summed E-state index contributed by atoms with van der Waals surface area (Å²) in [5.41, 5.74) is 2.99. The quantitative estimate of drug-likeness (QED) is 0.666. The zero-order valence-corrected chi connectivity index (χ0v) is 16.7. The van der Waals surface area contributed by atoms with E-state index in [1.54, 1.807) is 24.7 Å². The van der Waals surface area contributed by atoms with Crippen molar-refractivity contribution in [3.05, 3.63) is 36.8 Å². The molecule has 1 aliphatic carbocycles. The Balaban J connectivity index is 1.28. The van der Waals surface area contributed by atoms with Gasteiger partial charge in [-0.3, -0.25) is 5.10 Å². The predicted molar refractivity (Wildman–Crippen MR) is 110 cm³/mol. The van der Waals surface area contributed by atoms with Crippen LogP contribution in [-0.2, 0) is 0 Å². The van der Waals surface area contributed by atoms with Gasteiger partial charge >= 0.3 is 0 Å². The lowest BCUT2D eigenvalue weighted by Crippen LogP contribution is -2.35. The van der Waals surface area contributed by atoms with Crippen LogP contribution < -0.4 is 4.90 Å². The number of phenolic OH excluding ortho intramolecular Hbond substituents is 1. The van der Waals surface area contributed by atoms with Gasteiger partial charge in [0.1, 0.15) is 11.4 Å². The molecule has 0 spiro atoms. The molecule has 2 N–H and O–H groups in total. The molecule has 1 saturated carbocycles. The maximum atomic E-state index is 10.5. The van der Waals surface area contributed by atoms with E-state index in [2.05, 4.69) is 49.0 Å². The second-order valence-electron chi connectivity index (χ2n) is 7.81. The molecule has 1 aromatic carbocycles. The van der Waals surface area contributed by atoms with Crippen molar-refractivity contribution in [2.45, 2.75) is 19.9 Å². The molecule has 150 valence electrons. The summed E-state index contributed by atoms with van der Waals surface area (Å²) in [5, 5.41) is 25.8. The molecule has 0 amide bonds. The van der Waals surface area contributed by atoms with Gasteiger partial charge in [0.15, 0.2) is 0 Å². The minimum Gasteiger partial charge on any atom is -0.507 e. The van der Waals surface area contributed by atoms with Crippen LogP contribution in [0.15, 0.2) is 36.8 Å². The number of nitrogens with one attached hydrogen (secondary N) is 1. The fourth-order valence-corrected chi connectivity index (χ4v) is 4.72. The summed E-state index contributed by atoms with van der Waals surface area (Å²) in [6.07, 6.45) is 5.20. The van der Waals surface area contributed by atoms with E-state index in [0.717, 1.165) is 55.2 Å². The van der Waals surface area contributed by atoms with Gasteiger partial charge in [0, 0.05) is 36.5 Å². The molecule has 3 heterocycles. The van der Waals surface area contributed by atoms with Gasteiger partial charge in [-0.2, -0.15) is 5.10 Å². The number of phenols is 1. The number of piperidine rings is 1. The van der Waals surface area contributed by atoms with Gasteiger partial charge in [-0.1, -0.05) is 19.9 Å².